The first-order valence-electron chi connectivity index (χ1n) is 12.1. The van der Waals surface area contributed by atoms with Gasteiger partial charge in [0.2, 0.25) is 5.91 Å². The van der Waals surface area contributed by atoms with E-state index in [0.717, 1.165) is 25.2 Å². The van der Waals surface area contributed by atoms with E-state index in [1.807, 2.05) is 42.5 Å². The summed E-state index contributed by atoms with van der Waals surface area (Å²) in [5.74, 6) is 0.607. The lowest BCUT2D eigenvalue weighted by atomic mass is 9.93. The van der Waals surface area contributed by atoms with Gasteiger partial charge in [-0.1, -0.05) is 56.3 Å². The van der Waals surface area contributed by atoms with Crippen LogP contribution in [0.15, 0.2) is 78.9 Å². The van der Waals surface area contributed by atoms with E-state index in [2.05, 4.69) is 18.7 Å². The van der Waals surface area contributed by atoms with Crippen molar-refractivity contribution < 1.29 is 14.5 Å². The first-order valence-corrected chi connectivity index (χ1v) is 12.1. The van der Waals surface area contributed by atoms with Crippen LogP contribution >= 0.6 is 0 Å². The second-order valence-electron chi connectivity index (χ2n) is 8.32. The van der Waals surface area contributed by atoms with Crippen LogP contribution in [0.5, 0.6) is 5.75 Å². The van der Waals surface area contributed by atoms with Crippen molar-refractivity contribution in [2.75, 3.05) is 38.2 Å². The second-order valence-corrected chi connectivity index (χ2v) is 8.32. The Morgan fingerprint density at radius 2 is 1.39 bits per heavy atom. The van der Waals surface area contributed by atoms with Crippen LogP contribution in [0.2, 0.25) is 0 Å². The third-order valence-corrected chi connectivity index (χ3v) is 6.23. The monoisotopic (exact) mass is 487 g/mol. The fraction of sp³-hybridized carbons (Fsp3) is 0.276. The number of nitro groups is 1. The number of nitrogens with zero attached hydrogens (tertiary/aromatic N) is 3. The summed E-state index contributed by atoms with van der Waals surface area (Å²) in [6, 6.07) is 23.5. The van der Waals surface area contributed by atoms with Gasteiger partial charge >= 0.3 is 0 Å². The highest BCUT2D eigenvalue weighted by atomic mass is 16.6. The Morgan fingerprint density at radius 1 is 0.833 bits per heavy atom. The lowest BCUT2D eigenvalue weighted by Crippen LogP contribution is -2.37. The molecule has 36 heavy (non-hydrogen) atoms. The maximum atomic E-state index is 12.4. The molecule has 1 amide bonds. The summed E-state index contributed by atoms with van der Waals surface area (Å²) >= 11 is 0. The zero-order valence-electron chi connectivity index (χ0n) is 21.3. The Labute approximate surface area is 212 Å². The lowest BCUT2D eigenvalue weighted by Gasteiger charge is -2.25. The fourth-order valence-corrected chi connectivity index (χ4v) is 4.19. The molecule has 0 aromatic heterocycles. The van der Waals surface area contributed by atoms with Crippen LogP contribution in [0.25, 0.3) is 11.3 Å². The van der Waals surface area contributed by atoms with E-state index in [1.54, 1.807) is 48.4 Å². The molecule has 3 aromatic rings. The van der Waals surface area contributed by atoms with Crippen LogP contribution < -0.4 is 9.64 Å². The molecule has 7 nitrogen and oxygen atoms in total. The maximum absolute atomic E-state index is 12.4. The van der Waals surface area contributed by atoms with Gasteiger partial charge in [0, 0.05) is 25.7 Å². The molecule has 0 aliphatic rings. The van der Waals surface area contributed by atoms with Crippen LogP contribution in [0.3, 0.4) is 0 Å². The number of ether oxygens (including phenoxy) is 1. The number of hydrogen-bond acceptors (Lipinski definition) is 5. The Balaban J connectivity index is 2.07. The molecule has 0 aliphatic heterocycles. The first kappa shape index (κ1) is 26.6. The summed E-state index contributed by atoms with van der Waals surface area (Å²) in [6.45, 7) is 8.84. The van der Waals surface area contributed by atoms with Crippen LogP contribution in [0.4, 0.5) is 5.69 Å². The number of likely N-dealkylation sites (N-methyl/N-ethyl adjacent to an activating group) is 1. The highest BCUT2D eigenvalue weighted by Crippen LogP contribution is 2.34. The van der Waals surface area contributed by atoms with Crippen molar-refractivity contribution in [3.8, 4) is 5.75 Å². The molecule has 3 rings (SSSR count). The number of rotatable bonds is 11. The average Bonchev–Trinajstić information content (AvgIpc) is 2.90. The topological polar surface area (TPSA) is 75.9 Å². The van der Waals surface area contributed by atoms with Crippen molar-refractivity contribution in [1.82, 2.24) is 4.90 Å². The molecule has 3 aromatic carbocycles. The molecule has 0 saturated carbocycles. The Kier molecular flexibility index (Phi) is 9.36. The third kappa shape index (κ3) is 6.37. The molecule has 0 atom stereocenters. The van der Waals surface area contributed by atoms with Crippen molar-refractivity contribution in [1.29, 1.82) is 0 Å². The molecule has 7 heteroatoms. The summed E-state index contributed by atoms with van der Waals surface area (Å²) in [6.07, 6.45) is 0. The molecule has 0 fully saturated rings. The Hall–Kier alpha value is -3.97. The smallest absolute Gasteiger partial charge is 0.284 e. The van der Waals surface area contributed by atoms with Gasteiger partial charge in [0.1, 0.15) is 5.75 Å². The quantitative estimate of drug-likeness (QED) is 0.200. The molecular weight excluding hydrogens is 454 g/mol. The first-order chi connectivity index (χ1) is 17.4. The van der Waals surface area contributed by atoms with Gasteiger partial charge in [-0.3, -0.25) is 14.9 Å². The van der Waals surface area contributed by atoms with Crippen molar-refractivity contribution in [2.24, 2.45) is 0 Å². The van der Waals surface area contributed by atoms with E-state index < -0.39 is 0 Å². The summed E-state index contributed by atoms with van der Waals surface area (Å²) in [7, 11) is 1.58. The molecule has 0 heterocycles. The van der Waals surface area contributed by atoms with E-state index in [4.69, 9.17) is 4.74 Å². The van der Waals surface area contributed by atoms with Gasteiger partial charge in [0.05, 0.1) is 23.2 Å². The van der Waals surface area contributed by atoms with Gasteiger partial charge in [-0.05, 0) is 60.6 Å². The third-order valence-electron chi connectivity index (χ3n) is 6.23. The number of carbonyl (C=O) groups is 1. The van der Waals surface area contributed by atoms with E-state index in [-0.39, 0.29) is 16.5 Å². The second kappa shape index (κ2) is 12.7. The van der Waals surface area contributed by atoms with Crippen LogP contribution in [-0.4, -0.2) is 49.0 Å². The molecule has 0 spiro atoms. The molecule has 0 saturated heterocycles. The Bertz CT molecular complexity index is 1190. The molecule has 0 N–H and O–H groups in total. The van der Waals surface area contributed by atoms with E-state index >= 15 is 0 Å². The SMILES string of the molecule is CCN(CC)CCN(C(C)=O)c1ccc(/C(=C(\c2ccccc2)c2ccc(OC)cc2)[N+](=O)[O-])cc1. The molecule has 188 valence electrons. The zero-order chi connectivity index (χ0) is 26.1. The maximum Gasteiger partial charge on any atom is 0.284 e. The zero-order valence-corrected chi connectivity index (χ0v) is 21.3. The largest absolute Gasteiger partial charge is 0.497 e. The molecule has 0 radical (unpaired) electrons. The normalized spacial score (nSPS) is 11.7. The van der Waals surface area contributed by atoms with Gasteiger partial charge < -0.3 is 14.5 Å². The van der Waals surface area contributed by atoms with Crippen LogP contribution in [0, 0.1) is 10.1 Å². The molecule has 0 bridgehead atoms. The van der Waals surface area contributed by atoms with Crippen molar-refractivity contribution in [3.63, 3.8) is 0 Å². The van der Waals surface area contributed by atoms with Crippen LogP contribution in [-0.2, 0) is 4.79 Å². The van der Waals surface area contributed by atoms with Crippen molar-refractivity contribution in [2.45, 2.75) is 20.8 Å². The summed E-state index contributed by atoms with van der Waals surface area (Å²) in [5.41, 5.74) is 3.14. The number of carbonyl (C=O) groups excluding carboxylic acids is 1. The van der Waals surface area contributed by atoms with Gasteiger partial charge in [-0.15, -0.1) is 0 Å². The van der Waals surface area contributed by atoms with Crippen molar-refractivity contribution >= 4 is 22.9 Å². The van der Waals surface area contributed by atoms with E-state index in [9.17, 15) is 14.9 Å². The highest BCUT2D eigenvalue weighted by molar-refractivity contribution is 5.96. The van der Waals surface area contributed by atoms with Crippen LogP contribution in [0.1, 0.15) is 37.5 Å². The summed E-state index contributed by atoms with van der Waals surface area (Å²) in [4.78, 5) is 28.4. The van der Waals surface area contributed by atoms with Gasteiger partial charge in [0.25, 0.3) is 5.70 Å². The minimum atomic E-state index is -0.343. The number of methoxy groups -OCH3 is 1. The Morgan fingerprint density at radius 3 is 1.89 bits per heavy atom. The lowest BCUT2D eigenvalue weighted by molar-refractivity contribution is -0.374. The van der Waals surface area contributed by atoms with Gasteiger partial charge in [0.15, 0.2) is 0 Å². The minimum absolute atomic E-state index is 0.00423. The van der Waals surface area contributed by atoms with Crippen molar-refractivity contribution in [3.05, 3.63) is 106 Å². The predicted octanol–water partition coefficient (Wildman–Crippen LogP) is 5.58. The standard InChI is InChI=1S/C29H33N3O4/c1-5-30(6-2)20-21-31(22(3)33)26-16-12-25(13-17-26)29(32(34)35)28(23-10-8-7-9-11-23)24-14-18-27(36-4)19-15-24/h7-19H,5-6,20-21H2,1-4H3/b29-28-. The fourth-order valence-electron chi connectivity index (χ4n) is 4.19. The van der Waals surface area contributed by atoms with Gasteiger partial charge in [-0.25, -0.2) is 0 Å². The average molecular weight is 488 g/mol. The number of benzene rings is 3. The number of hydrogen-bond donors (Lipinski definition) is 0. The number of anilines is 1. The summed E-state index contributed by atoms with van der Waals surface area (Å²) < 4.78 is 5.27. The number of amides is 1. The van der Waals surface area contributed by atoms with Gasteiger partial charge in [-0.2, -0.15) is 0 Å². The minimum Gasteiger partial charge on any atom is -0.497 e. The highest BCUT2D eigenvalue weighted by Gasteiger charge is 2.24. The molecule has 0 aliphatic carbocycles. The predicted molar refractivity (Wildman–Crippen MR) is 145 cm³/mol. The van der Waals surface area contributed by atoms with E-state index in [0.29, 0.717) is 34.7 Å². The molecule has 0 unspecified atom stereocenters. The van der Waals surface area contributed by atoms with E-state index in [1.165, 1.54) is 6.92 Å². The molecular formula is C29H33N3O4. The summed E-state index contributed by atoms with van der Waals surface area (Å²) in [5, 5.41) is 12.4.